The fourth-order valence-electron chi connectivity index (χ4n) is 3.74. The van der Waals surface area contributed by atoms with Gasteiger partial charge in [-0.05, 0) is 52.4 Å². The number of hydrogen-bond acceptors (Lipinski definition) is 5. The highest BCUT2D eigenvalue weighted by molar-refractivity contribution is 8.26. The number of thiocarbonyl (C=S) groups is 1. The van der Waals surface area contributed by atoms with Gasteiger partial charge in [-0.15, -0.1) is 0 Å². The minimum atomic E-state index is -0.0622. The van der Waals surface area contributed by atoms with Crippen molar-refractivity contribution in [2.75, 3.05) is 13.2 Å². The first kappa shape index (κ1) is 26.0. The van der Waals surface area contributed by atoms with Gasteiger partial charge < -0.3 is 9.47 Å². The molecule has 3 aromatic rings. The van der Waals surface area contributed by atoms with Crippen LogP contribution in [-0.2, 0) is 16.8 Å². The Bertz CT molecular complexity index is 1230. The Morgan fingerprint density at radius 3 is 2.28 bits per heavy atom. The fourth-order valence-corrected chi connectivity index (χ4v) is 4.99. The van der Waals surface area contributed by atoms with Gasteiger partial charge >= 0.3 is 0 Å². The van der Waals surface area contributed by atoms with Crippen molar-refractivity contribution in [2.45, 2.75) is 39.2 Å². The van der Waals surface area contributed by atoms with E-state index in [0.29, 0.717) is 29.0 Å². The van der Waals surface area contributed by atoms with Crippen LogP contribution in [0.1, 0.15) is 43.9 Å². The van der Waals surface area contributed by atoms with Gasteiger partial charge in [0.1, 0.15) is 15.8 Å². The van der Waals surface area contributed by atoms with Gasteiger partial charge in [0, 0.05) is 6.42 Å². The summed E-state index contributed by atoms with van der Waals surface area (Å²) in [5, 5.41) is 0. The normalized spacial score (nSPS) is 15.0. The number of amides is 1. The molecule has 4 nitrogen and oxygen atoms in total. The van der Waals surface area contributed by atoms with Crippen molar-refractivity contribution in [1.29, 1.82) is 0 Å². The zero-order chi connectivity index (χ0) is 25.5. The molecule has 4 rings (SSSR count). The third-order valence-electron chi connectivity index (χ3n) is 5.76. The van der Waals surface area contributed by atoms with E-state index in [1.54, 1.807) is 4.90 Å². The van der Waals surface area contributed by atoms with Crippen LogP contribution in [0.3, 0.4) is 0 Å². The highest BCUT2D eigenvalue weighted by Gasteiger charge is 2.31. The molecule has 186 valence electrons. The molecule has 0 N–H and O–H groups in total. The topological polar surface area (TPSA) is 38.8 Å². The number of ether oxygens (including phenoxy) is 2. The molecule has 1 heterocycles. The smallest absolute Gasteiger partial charge is 0.266 e. The molecule has 1 aliphatic rings. The van der Waals surface area contributed by atoms with Crippen LogP contribution in [0.4, 0.5) is 0 Å². The molecule has 0 atom stereocenters. The Morgan fingerprint density at radius 2 is 1.58 bits per heavy atom. The van der Waals surface area contributed by atoms with Crippen molar-refractivity contribution in [1.82, 2.24) is 4.90 Å². The predicted octanol–water partition coefficient (Wildman–Crippen LogP) is 7.23. The summed E-state index contributed by atoms with van der Waals surface area (Å²) in [6, 6.07) is 25.9. The standard InChI is InChI=1S/C30H31NO3S2/c1-30(2,3)24-13-15-25(16-14-24)33-17-8-18-34-26-12-7-11-23(19-26)20-27-28(32)31(29(35)36-27)21-22-9-5-4-6-10-22/h4-7,9-16,19-20H,8,17-18,21H2,1-3H3/b27-20-. The summed E-state index contributed by atoms with van der Waals surface area (Å²) in [5.41, 5.74) is 3.38. The predicted molar refractivity (Wildman–Crippen MR) is 152 cm³/mol. The number of benzene rings is 3. The van der Waals surface area contributed by atoms with E-state index >= 15 is 0 Å². The van der Waals surface area contributed by atoms with E-state index in [2.05, 4.69) is 32.9 Å². The number of hydrogen-bond donors (Lipinski definition) is 0. The first-order valence-corrected chi connectivity index (χ1v) is 13.3. The first-order chi connectivity index (χ1) is 17.3. The number of rotatable bonds is 9. The van der Waals surface area contributed by atoms with E-state index in [-0.39, 0.29) is 11.3 Å². The summed E-state index contributed by atoms with van der Waals surface area (Å²) < 4.78 is 12.4. The summed E-state index contributed by atoms with van der Waals surface area (Å²) in [7, 11) is 0. The second-order valence-corrected chi connectivity index (χ2v) is 11.3. The lowest BCUT2D eigenvalue weighted by molar-refractivity contribution is -0.122. The maximum Gasteiger partial charge on any atom is 0.266 e. The van der Waals surface area contributed by atoms with Crippen molar-refractivity contribution >= 4 is 40.3 Å². The fraction of sp³-hybridized carbons (Fsp3) is 0.267. The van der Waals surface area contributed by atoms with Crippen LogP contribution in [-0.4, -0.2) is 28.3 Å². The lowest BCUT2D eigenvalue weighted by Gasteiger charge is -2.19. The minimum Gasteiger partial charge on any atom is -0.493 e. The van der Waals surface area contributed by atoms with E-state index in [1.807, 2.05) is 72.8 Å². The molecule has 0 spiro atoms. The van der Waals surface area contributed by atoms with Gasteiger partial charge in [-0.1, -0.05) is 99.3 Å². The molecule has 36 heavy (non-hydrogen) atoms. The van der Waals surface area contributed by atoms with Gasteiger partial charge in [-0.25, -0.2) is 0 Å². The zero-order valence-corrected chi connectivity index (χ0v) is 22.5. The molecule has 1 amide bonds. The van der Waals surface area contributed by atoms with E-state index in [1.165, 1.54) is 17.3 Å². The number of carbonyl (C=O) groups excluding carboxylic acids is 1. The molecule has 6 heteroatoms. The number of carbonyl (C=O) groups is 1. The van der Waals surface area contributed by atoms with Gasteiger partial charge in [0.25, 0.3) is 5.91 Å². The van der Waals surface area contributed by atoms with Crippen molar-refractivity contribution < 1.29 is 14.3 Å². The third kappa shape index (κ3) is 6.99. The Morgan fingerprint density at radius 1 is 0.889 bits per heavy atom. The van der Waals surface area contributed by atoms with E-state index < -0.39 is 0 Å². The van der Waals surface area contributed by atoms with Gasteiger partial charge in [-0.2, -0.15) is 0 Å². The van der Waals surface area contributed by atoms with Gasteiger partial charge in [0.2, 0.25) is 0 Å². The van der Waals surface area contributed by atoms with Crippen LogP contribution < -0.4 is 9.47 Å². The average molecular weight is 518 g/mol. The quantitative estimate of drug-likeness (QED) is 0.170. The molecule has 0 unspecified atom stereocenters. The van der Waals surface area contributed by atoms with Crippen molar-refractivity contribution in [3.8, 4) is 11.5 Å². The van der Waals surface area contributed by atoms with E-state index in [0.717, 1.165) is 29.0 Å². The van der Waals surface area contributed by atoms with Crippen molar-refractivity contribution in [3.05, 3.63) is 100 Å². The second kappa shape index (κ2) is 11.8. The van der Waals surface area contributed by atoms with Crippen molar-refractivity contribution in [3.63, 3.8) is 0 Å². The van der Waals surface area contributed by atoms with Crippen LogP contribution >= 0.6 is 24.0 Å². The summed E-state index contributed by atoms with van der Waals surface area (Å²) >= 11 is 6.80. The van der Waals surface area contributed by atoms with Crippen LogP contribution in [0.2, 0.25) is 0 Å². The van der Waals surface area contributed by atoms with Gasteiger partial charge in [0.05, 0.1) is 24.7 Å². The van der Waals surface area contributed by atoms with E-state index in [9.17, 15) is 4.79 Å². The molecule has 0 aliphatic carbocycles. The Kier molecular flexibility index (Phi) is 8.49. The van der Waals surface area contributed by atoms with E-state index in [4.69, 9.17) is 21.7 Å². The largest absolute Gasteiger partial charge is 0.493 e. The maximum absolute atomic E-state index is 12.9. The molecule has 3 aromatic carbocycles. The SMILES string of the molecule is CC(C)(C)c1ccc(OCCCOc2cccc(/C=C3\SC(=S)N(Cc4ccccc4)C3=O)c2)cc1. The lowest BCUT2D eigenvalue weighted by atomic mass is 9.87. The third-order valence-corrected chi connectivity index (χ3v) is 7.14. The molecule has 1 saturated heterocycles. The van der Waals surface area contributed by atoms with Crippen molar-refractivity contribution in [2.24, 2.45) is 0 Å². The summed E-state index contributed by atoms with van der Waals surface area (Å²) in [5.74, 6) is 1.57. The van der Waals surface area contributed by atoms with Crippen LogP contribution in [0.5, 0.6) is 11.5 Å². The Balaban J connectivity index is 1.27. The molecule has 0 aromatic heterocycles. The average Bonchev–Trinajstić information content (AvgIpc) is 3.12. The number of thioether (sulfide) groups is 1. The molecule has 0 saturated carbocycles. The van der Waals surface area contributed by atoms with Gasteiger partial charge in [-0.3, -0.25) is 9.69 Å². The molecular weight excluding hydrogens is 486 g/mol. The Labute approximate surface area is 223 Å². The number of nitrogens with zero attached hydrogens (tertiary/aromatic N) is 1. The zero-order valence-electron chi connectivity index (χ0n) is 20.9. The summed E-state index contributed by atoms with van der Waals surface area (Å²) in [6.45, 7) is 8.21. The molecule has 0 radical (unpaired) electrons. The van der Waals surface area contributed by atoms with Crippen LogP contribution in [0.25, 0.3) is 6.08 Å². The second-order valence-electron chi connectivity index (χ2n) is 9.65. The summed E-state index contributed by atoms with van der Waals surface area (Å²) in [4.78, 5) is 15.2. The highest BCUT2D eigenvalue weighted by Crippen LogP contribution is 2.34. The van der Waals surface area contributed by atoms with Crippen LogP contribution in [0, 0.1) is 0 Å². The van der Waals surface area contributed by atoms with Crippen LogP contribution in [0.15, 0.2) is 83.8 Å². The van der Waals surface area contributed by atoms with Gasteiger partial charge in [0.15, 0.2) is 0 Å². The molecular formula is C30H31NO3S2. The highest BCUT2D eigenvalue weighted by atomic mass is 32.2. The lowest BCUT2D eigenvalue weighted by Crippen LogP contribution is -2.27. The minimum absolute atomic E-state index is 0.0622. The summed E-state index contributed by atoms with van der Waals surface area (Å²) in [6.07, 6.45) is 2.64. The molecule has 1 aliphatic heterocycles. The monoisotopic (exact) mass is 517 g/mol. The Hall–Kier alpha value is -3.09. The molecule has 1 fully saturated rings. The first-order valence-electron chi connectivity index (χ1n) is 12.0. The maximum atomic E-state index is 12.9. The molecule has 0 bridgehead atoms.